The predicted molar refractivity (Wildman–Crippen MR) is 208 cm³/mol. The molecular formula is C42H44N8O3. The van der Waals surface area contributed by atoms with E-state index in [1.54, 1.807) is 0 Å². The molecule has 0 spiro atoms. The monoisotopic (exact) mass is 708 g/mol. The van der Waals surface area contributed by atoms with Crippen LogP contribution in [0.2, 0.25) is 0 Å². The SMILES string of the molecule is Cc1c(-c2ccc3cnc(Nc4ccc(CN5CCN(C6CN(c7ccc(C8CCC(=O)NC8=O)cc7)C6)CC5)cc4)cc3c2)cnc2c1NCCO2. The van der Waals surface area contributed by atoms with E-state index in [9.17, 15) is 9.59 Å². The van der Waals surface area contributed by atoms with Crippen molar-refractivity contribution in [1.82, 2.24) is 25.1 Å². The summed E-state index contributed by atoms with van der Waals surface area (Å²) in [5.41, 5.74) is 8.84. The number of nitrogens with one attached hydrogen (secondary N) is 3. The Balaban J connectivity index is 0.756. The molecule has 2 aromatic heterocycles. The molecule has 11 nitrogen and oxygen atoms in total. The molecule has 3 fully saturated rings. The summed E-state index contributed by atoms with van der Waals surface area (Å²) in [7, 11) is 0. The third-order valence-electron chi connectivity index (χ3n) is 11.3. The van der Waals surface area contributed by atoms with Crippen LogP contribution in [-0.4, -0.2) is 90.0 Å². The van der Waals surface area contributed by atoms with Gasteiger partial charge in [-0.2, -0.15) is 0 Å². The van der Waals surface area contributed by atoms with Crippen LogP contribution in [0.1, 0.15) is 35.4 Å². The van der Waals surface area contributed by atoms with Gasteiger partial charge in [-0.1, -0.05) is 36.4 Å². The fraction of sp³-hybridized carbons (Fsp3) is 0.333. The van der Waals surface area contributed by atoms with E-state index >= 15 is 0 Å². The van der Waals surface area contributed by atoms with Crippen molar-refractivity contribution < 1.29 is 14.3 Å². The minimum atomic E-state index is -0.233. The lowest BCUT2D eigenvalue weighted by atomic mass is 9.90. The van der Waals surface area contributed by atoms with Crippen molar-refractivity contribution in [1.29, 1.82) is 0 Å². The van der Waals surface area contributed by atoms with Crippen LogP contribution in [-0.2, 0) is 16.1 Å². The lowest BCUT2D eigenvalue weighted by Crippen LogP contribution is -2.63. The van der Waals surface area contributed by atoms with E-state index in [0.717, 1.165) is 103 Å². The van der Waals surface area contributed by atoms with E-state index in [1.807, 2.05) is 24.5 Å². The second-order valence-corrected chi connectivity index (χ2v) is 14.7. The number of carbonyl (C=O) groups is 2. The molecule has 0 bridgehead atoms. The van der Waals surface area contributed by atoms with Crippen LogP contribution in [0.4, 0.5) is 22.9 Å². The van der Waals surface area contributed by atoms with E-state index in [1.165, 1.54) is 11.3 Å². The second kappa shape index (κ2) is 14.1. The molecule has 1 unspecified atom stereocenters. The summed E-state index contributed by atoms with van der Waals surface area (Å²) in [4.78, 5) is 40.6. The highest BCUT2D eigenvalue weighted by Gasteiger charge is 2.34. The van der Waals surface area contributed by atoms with Crippen LogP contribution in [0.3, 0.4) is 0 Å². The van der Waals surface area contributed by atoms with Gasteiger partial charge in [-0.25, -0.2) is 9.97 Å². The summed E-state index contributed by atoms with van der Waals surface area (Å²) in [6, 6.07) is 26.2. The molecule has 5 aromatic rings. The van der Waals surface area contributed by atoms with Crippen molar-refractivity contribution in [2.75, 3.05) is 68.0 Å². The van der Waals surface area contributed by atoms with Crippen molar-refractivity contribution >= 4 is 45.5 Å². The fourth-order valence-corrected chi connectivity index (χ4v) is 8.10. The number of pyridine rings is 2. The summed E-state index contributed by atoms with van der Waals surface area (Å²) < 4.78 is 5.73. The number of ether oxygens (including phenoxy) is 1. The number of fused-ring (bicyclic) bond motifs is 2. The Labute approximate surface area is 309 Å². The smallest absolute Gasteiger partial charge is 0.237 e. The number of hydrogen-bond acceptors (Lipinski definition) is 10. The Morgan fingerprint density at radius 2 is 1.70 bits per heavy atom. The van der Waals surface area contributed by atoms with Crippen LogP contribution in [0.5, 0.6) is 5.88 Å². The number of carbonyl (C=O) groups excluding carboxylic acids is 2. The van der Waals surface area contributed by atoms with Gasteiger partial charge in [0, 0.05) is 99.5 Å². The Kier molecular flexibility index (Phi) is 8.89. The van der Waals surface area contributed by atoms with Crippen LogP contribution < -0.4 is 25.6 Å². The third-order valence-corrected chi connectivity index (χ3v) is 11.3. The standard InChI is InChI=1S/C42H44N8O3/c1-27-37(23-45-42-40(27)43-14-19-53-42)30-4-5-31-22-44-38(21-32(31)20-30)46-33-8-2-28(3-9-33)24-48-15-17-49(18-16-48)35-25-50(26-35)34-10-6-29(7-11-34)36-12-13-39(51)47-41(36)52/h2-11,20-23,35-36,43H,12-19,24-26H2,1H3,(H,44,46)(H,47,51,52). The zero-order chi connectivity index (χ0) is 35.9. The van der Waals surface area contributed by atoms with Gasteiger partial charge in [0.05, 0.1) is 5.92 Å². The number of amides is 2. The largest absolute Gasteiger partial charge is 0.474 e. The van der Waals surface area contributed by atoms with E-state index in [2.05, 4.69) is 108 Å². The van der Waals surface area contributed by atoms with Crippen molar-refractivity contribution in [3.8, 4) is 17.0 Å². The number of nitrogens with zero attached hydrogens (tertiary/aromatic N) is 5. The molecule has 0 radical (unpaired) electrons. The van der Waals surface area contributed by atoms with Gasteiger partial charge >= 0.3 is 0 Å². The lowest BCUT2D eigenvalue weighted by molar-refractivity contribution is -0.134. The highest BCUT2D eigenvalue weighted by Crippen LogP contribution is 2.36. The van der Waals surface area contributed by atoms with Gasteiger partial charge in [0.2, 0.25) is 17.7 Å². The molecule has 3 saturated heterocycles. The molecule has 3 aromatic carbocycles. The normalized spacial score (nSPS) is 19.6. The second-order valence-electron chi connectivity index (χ2n) is 14.7. The number of rotatable bonds is 8. The molecule has 4 aliphatic heterocycles. The molecule has 3 N–H and O–H groups in total. The van der Waals surface area contributed by atoms with Crippen molar-refractivity contribution in [2.24, 2.45) is 0 Å². The predicted octanol–water partition coefficient (Wildman–Crippen LogP) is 5.68. The molecule has 2 amide bonds. The molecule has 4 aliphatic rings. The maximum absolute atomic E-state index is 12.3. The summed E-state index contributed by atoms with van der Waals surface area (Å²) in [6.45, 7) is 10.8. The lowest BCUT2D eigenvalue weighted by Gasteiger charge is -2.49. The maximum Gasteiger partial charge on any atom is 0.237 e. The minimum absolute atomic E-state index is 0.173. The number of anilines is 4. The van der Waals surface area contributed by atoms with Gasteiger partial charge in [-0.05, 0) is 77.4 Å². The first-order valence-corrected chi connectivity index (χ1v) is 18.7. The molecule has 9 rings (SSSR count). The fourth-order valence-electron chi connectivity index (χ4n) is 8.10. The van der Waals surface area contributed by atoms with E-state index in [-0.39, 0.29) is 17.7 Å². The molecular weight excluding hydrogens is 665 g/mol. The highest BCUT2D eigenvalue weighted by atomic mass is 16.5. The third kappa shape index (κ3) is 6.90. The van der Waals surface area contributed by atoms with E-state index in [4.69, 9.17) is 4.74 Å². The molecule has 11 heteroatoms. The van der Waals surface area contributed by atoms with Crippen LogP contribution in [0.25, 0.3) is 21.9 Å². The average molecular weight is 709 g/mol. The van der Waals surface area contributed by atoms with Crippen LogP contribution in [0.15, 0.2) is 85.2 Å². The van der Waals surface area contributed by atoms with Crippen molar-refractivity contribution in [3.05, 3.63) is 102 Å². The number of aromatic nitrogens is 2. The molecule has 6 heterocycles. The van der Waals surface area contributed by atoms with Gasteiger partial charge in [0.15, 0.2) is 0 Å². The van der Waals surface area contributed by atoms with Crippen molar-refractivity contribution in [2.45, 2.75) is 38.3 Å². The van der Waals surface area contributed by atoms with Gasteiger partial charge in [-0.15, -0.1) is 0 Å². The minimum Gasteiger partial charge on any atom is -0.474 e. The van der Waals surface area contributed by atoms with Gasteiger partial charge in [-0.3, -0.25) is 24.7 Å². The topological polar surface area (TPSA) is 115 Å². The number of imide groups is 1. The summed E-state index contributed by atoms with van der Waals surface area (Å²) in [6.07, 6.45) is 4.82. The summed E-state index contributed by atoms with van der Waals surface area (Å²) >= 11 is 0. The van der Waals surface area contributed by atoms with Gasteiger partial charge in [0.1, 0.15) is 18.1 Å². The zero-order valence-corrected chi connectivity index (χ0v) is 30.0. The van der Waals surface area contributed by atoms with Crippen molar-refractivity contribution in [3.63, 3.8) is 0 Å². The number of benzene rings is 3. The average Bonchev–Trinajstić information content (AvgIpc) is 3.16. The van der Waals surface area contributed by atoms with Gasteiger partial charge in [0.25, 0.3) is 0 Å². The number of piperidine rings is 1. The first kappa shape index (κ1) is 33.3. The molecule has 53 heavy (non-hydrogen) atoms. The first-order valence-electron chi connectivity index (χ1n) is 18.7. The van der Waals surface area contributed by atoms with Gasteiger partial charge < -0.3 is 20.3 Å². The van der Waals surface area contributed by atoms with E-state index in [0.29, 0.717) is 31.4 Å². The molecule has 270 valence electrons. The number of piperazine rings is 1. The molecule has 1 atom stereocenters. The van der Waals surface area contributed by atoms with E-state index < -0.39 is 0 Å². The summed E-state index contributed by atoms with van der Waals surface area (Å²) in [5.74, 6) is 0.902. The summed E-state index contributed by atoms with van der Waals surface area (Å²) in [5, 5.41) is 11.6. The molecule has 0 saturated carbocycles. The highest BCUT2D eigenvalue weighted by molar-refractivity contribution is 6.01. The van der Waals surface area contributed by atoms with Crippen LogP contribution in [0, 0.1) is 6.92 Å². The quantitative estimate of drug-likeness (QED) is 0.174. The Morgan fingerprint density at radius 1 is 0.887 bits per heavy atom. The number of hydrogen-bond donors (Lipinski definition) is 3. The Hall–Kier alpha value is -5.52. The molecule has 0 aliphatic carbocycles. The zero-order valence-electron chi connectivity index (χ0n) is 30.0. The Bertz CT molecular complexity index is 2160. The van der Waals surface area contributed by atoms with Crippen LogP contribution >= 0.6 is 0 Å². The first-order chi connectivity index (χ1) is 25.9. The maximum atomic E-state index is 12.3. The Morgan fingerprint density at radius 3 is 2.49 bits per heavy atom.